The Balaban J connectivity index is 1.56. The van der Waals surface area contributed by atoms with Crippen LogP contribution in [0.15, 0.2) is 65.7 Å². The van der Waals surface area contributed by atoms with Gasteiger partial charge in [-0.25, -0.2) is 4.99 Å². The van der Waals surface area contributed by atoms with Gasteiger partial charge >= 0.3 is 0 Å². The van der Waals surface area contributed by atoms with Gasteiger partial charge in [0.15, 0.2) is 5.78 Å². The molecule has 0 aromatic heterocycles. The first-order valence-electron chi connectivity index (χ1n) is 18.4. The minimum absolute atomic E-state index is 0.0355. The molecule has 282 valence electrons. The van der Waals surface area contributed by atoms with Crippen LogP contribution in [0.2, 0.25) is 0 Å². The molecule has 2 saturated heterocycles. The molecule has 2 aromatic rings. The third-order valence-corrected chi connectivity index (χ3v) is 9.12. The fraction of sp³-hybridized carbons (Fsp3) is 0.550. The third-order valence-electron chi connectivity index (χ3n) is 9.12. The summed E-state index contributed by atoms with van der Waals surface area (Å²) in [4.78, 5) is 74.6. The number of aryl methyl sites for hydroxylation is 1. The number of nitrogens with zero attached hydrogens (tertiary/aromatic N) is 2. The average Bonchev–Trinajstić information content (AvgIpc) is 3.87. The molecule has 4 amide bonds. The van der Waals surface area contributed by atoms with E-state index in [9.17, 15) is 24.0 Å². The molecule has 0 radical (unpaired) electrons. The van der Waals surface area contributed by atoms with Gasteiger partial charge in [0.2, 0.25) is 11.8 Å². The number of carbonyl (C=O) groups is 5. The molecular weight excluding hydrogens is 662 g/mol. The fourth-order valence-electron chi connectivity index (χ4n) is 6.10. The van der Waals surface area contributed by atoms with E-state index in [-0.39, 0.29) is 55.0 Å². The molecular formula is C40H55N5O7. The number of ketones is 1. The van der Waals surface area contributed by atoms with Crippen molar-refractivity contribution in [3.63, 3.8) is 0 Å². The predicted molar refractivity (Wildman–Crippen MR) is 199 cm³/mol. The predicted octanol–water partition coefficient (Wildman–Crippen LogP) is 3.07. The van der Waals surface area contributed by atoms with Gasteiger partial charge in [-0.3, -0.25) is 28.9 Å². The van der Waals surface area contributed by atoms with E-state index in [4.69, 9.17) is 9.47 Å². The largest absolute Gasteiger partial charge is 0.379 e. The maximum absolute atomic E-state index is 14.0. The van der Waals surface area contributed by atoms with Crippen molar-refractivity contribution in [3.05, 3.63) is 71.8 Å². The molecule has 2 heterocycles. The van der Waals surface area contributed by atoms with Gasteiger partial charge < -0.3 is 25.4 Å². The number of nitrogens with one attached hydrogen (secondary N) is 3. The smallest absolute Gasteiger partial charge is 0.268 e. The number of Topliss-reactive ketones (excluding diaryl/α,β-unsaturated/α-hetero) is 1. The molecule has 2 aromatic carbocycles. The Morgan fingerprint density at radius 3 is 2.00 bits per heavy atom. The van der Waals surface area contributed by atoms with Crippen molar-refractivity contribution in [1.29, 1.82) is 0 Å². The SMILES string of the molecule is CC(C)CC(=NC(=O)[C@@H](CCc1ccccc1)NC(=O)CN1CCOCC1)C(=O)N[C@@H](Cc1ccccc1)C(=O)N[C@H](CC(C)C)C(=O)[C@]1(C)CO1. The zero-order valence-electron chi connectivity index (χ0n) is 31.2. The van der Waals surface area contributed by atoms with E-state index in [1.807, 2.05) is 93.3 Å². The lowest BCUT2D eigenvalue weighted by atomic mass is 9.93. The van der Waals surface area contributed by atoms with Crippen molar-refractivity contribution >= 4 is 35.1 Å². The van der Waals surface area contributed by atoms with Crippen LogP contribution in [0.4, 0.5) is 0 Å². The quantitative estimate of drug-likeness (QED) is 0.148. The Hall–Kier alpha value is -4.26. The molecule has 4 rings (SSSR count). The Bertz CT molecular complexity index is 1540. The van der Waals surface area contributed by atoms with Crippen molar-refractivity contribution < 1.29 is 33.4 Å². The summed E-state index contributed by atoms with van der Waals surface area (Å²) in [6.45, 7) is 12.2. The van der Waals surface area contributed by atoms with Crippen molar-refractivity contribution in [2.45, 2.75) is 90.4 Å². The second kappa shape index (κ2) is 19.5. The highest BCUT2D eigenvalue weighted by molar-refractivity contribution is 6.40. The van der Waals surface area contributed by atoms with Gasteiger partial charge in [0.25, 0.3) is 11.8 Å². The summed E-state index contributed by atoms with van der Waals surface area (Å²) in [7, 11) is 0. The standard InChI is InChI=1S/C40H55N5O7/c1-27(2)22-32(36(47)40(5)26-52-40)42-39(50)34(24-30-14-10-7-11-15-30)44-38(49)33(23-28(3)4)43-37(48)31(17-16-29-12-8-6-9-13-29)41-35(46)25-45-18-20-51-21-19-45/h6-15,27-28,31-32,34H,16-26H2,1-5H3,(H,41,46)(H,42,50)(H,44,49)/t31-,32-,34+,40+/m1/s1. The monoisotopic (exact) mass is 717 g/mol. The first kappa shape index (κ1) is 40.5. The molecule has 2 aliphatic rings. The van der Waals surface area contributed by atoms with Gasteiger partial charge in [-0.2, -0.15) is 0 Å². The van der Waals surface area contributed by atoms with Crippen molar-refractivity contribution in [3.8, 4) is 0 Å². The van der Waals surface area contributed by atoms with E-state index >= 15 is 0 Å². The molecule has 0 bridgehead atoms. The highest BCUT2D eigenvalue weighted by Gasteiger charge is 2.50. The average molecular weight is 718 g/mol. The van der Waals surface area contributed by atoms with Crippen LogP contribution in [-0.4, -0.2) is 103 Å². The summed E-state index contributed by atoms with van der Waals surface area (Å²) in [6.07, 6.45) is 1.51. The number of hydrogen-bond donors (Lipinski definition) is 3. The minimum atomic E-state index is -1.07. The maximum Gasteiger partial charge on any atom is 0.268 e. The molecule has 12 heteroatoms. The second-order valence-corrected chi connectivity index (χ2v) is 14.8. The normalized spacial score (nSPS) is 19.4. The number of hydrogen-bond acceptors (Lipinski definition) is 8. The van der Waals surface area contributed by atoms with E-state index < -0.39 is 41.4 Å². The number of ether oxygens (including phenoxy) is 2. The third kappa shape index (κ3) is 13.1. The second-order valence-electron chi connectivity index (χ2n) is 14.8. The summed E-state index contributed by atoms with van der Waals surface area (Å²) in [6, 6.07) is 16.0. The number of carbonyl (C=O) groups excluding carboxylic acids is 5. The first-order valence-corrected chi connectivity index (χ1v) is 18.4. The number of rotatable bonds is 19. The van der Waals surface area contributed by atoms with Gasteiger partial charge in [0.1, 0.15) is 23.4 Å². The molecule has 0 aliphatic carbocycles. The Morgan fingerprint density at radius 2 is 1.42 bits per heavy atom. The first-order chi connectivity index (χ1) is 24.8. The topological polar surface area (TPSA) is 159 Å². The van der Waals surface area contributed by atoms with Crippen LogP contribution in [0.25, 0.3) is 0 Å². The van der Waals surface area contributed by atoms with Crippen molar-refractivity contribution in [2.75, 3.05) is 39.5 Å². The van der Waals surface area contributed by atoms with Crippen molar-refractivity contribution in [1.82, 2.24) is 20.9 Å². The molecule has 0 spiro atoms. The van der Waals surface area contributed by atoms with E-state index in [0.717, 1.165) is 11.1 Å². The summed E-state index contributed by atoms with van der Waals surface area (Å²) in [5.74, 6) is -2.28. The number of morpholine rings is 1. The number of benzene rings is 2. The van der Waals surface area contributed by atoms with E-state index in [1.54, 1.807) is 6.92 Å². The van der Waals surface area contributed by atoms with Crippen LogP contribution in [-0.2, 0) is 46.3 Å². The van der Waals surface area contributed by atoms with Crippen LogP contribution in [0.1, 0.15) is 65.0 Å². The number of amides is 4. The molecule has 2 aliphatic heterocycles. The molecule has 52 heavy (non-hydrogen) atoms. The lowest BCUT2D eigenvalue weighted by Gasteiger charge is -2.26. The zero-order chi connectivity index (χ0) is 37.7. The van der Waals surface area contributed by atoms with Crippen LogP contribution >= 0.6 is 0 Å². The van der Waals surface area contributed by atoms with Gasteiger partial charge in [-0.05, 0) is 55.6 Å². The molecule has 2 fully saturated rings. The van der Waals surface area contributed by atoms with E-state index in [2.05, 4.69) is 20.9 Å². The molecule has 0 unspecified atom stereocenters. The zero-order valence-corrected chi connectivity index (χ0v) is 31.2. The summed E-state index contributed by atoms with van der Waals surface area (Å²) in [5, 5.41) is 8.61. The fourth-order valence-corrected chi connectivity index (χ4v) is 6.10. The van der Waals surface area contributed by atoms with E-state index in [1.165, 1.54) is 0 Å². The highest BCUT2D eigenvalue weighted by Crippen LogP contribution is 2.29. The molecule has 12 nitrogen and oxygen atoms in total. The molecule has 3 N–H and O–H groups in total. The Labute approximate surface area is 307 Å². The Kier molecular flexibility index (Phi) is 15.2. The Morgan fingerprint density at radius 1 is 0.808 bits per heavy atom. The van der Waals surface area contributed by atoms with Crippen LogP contribution in [0.5, 0.6) is 0 Å². The summed E-state index contributed by atoms with van der Waals surface area (Å²) >= 11 is 0. The summed E-state index contributed by atoms with van der Waals surface area (Å²) in [5.41, 5.74) is 0.830. The number of epoxide rings is 1. The lowest BCUT2D eigenvalue weighted by Crippen LogP contribution is -2.55. The van der Waals surface area contributed by atoms with Gasteiger partial charge in [0, 0.05) is 19.5 Å². The minimum Gasteiger partial charge on any atom is -0.379 e. The van der Waals surface area contributed by atoms with E-state index in [0.29, 0.717) is 45.8 Å². The van der Waals surface area contributed by atoms with Crippen LogP contribution in [0.3, 0.4) is 0 Å². The van der Waals surface area contributed by atoms with Gasteiger partial charge in [0.05, 0.1) is 32.4 Å². The maximum atomic E-state index is 14.0. The highest BCUT2D eigenvalue weighted by atomic mass is 16.6. The van der Waals surface area contributed by atoms with Crippen LogP contribution in [0, 0.1) is 11.8 Å². The van der Waals surface area contributed by atoms with Gasteiger partial charge in [-0.15, -0.1) is 0 Å². The van der Waals surface area contributed by atoms with Crippen LogP contribution < -0.4 is 16.0 Å². The van der Waals surface area contributed by atoms with Gasteiger partial charge in [-0.1, -0.05) is 88.4 Å². The summed E-state index contributed by atoms with van der Waals surface area (Å²) < 4.78 is 10.8. The molecule has 0 saturated carbocycles. The number of aliphatic imine (C=N–C) groups is 1. The lowest BCUT2D eigenvalue weighted by molar-refractivity contribution is -0.132. The van der Waals surface area contributed by atoms with Crippen molar-refractivity contribution in [2.24, 2.45) is 16.8 Å². The molecule has 4 atom stereocenters.